The number of rotatable bonds is 9. The van der Waals surface area contributed by atoms with Crippen LogP contribution < -0.4 is 5.32 Å². The summed E-state index contributed by atoms with van der Waals surface area (Å²) in [7, 11) is 3.53. The van der Waals surface area contributed by atoms with Gasteiger partial charge in [-0.25, -0.2) is 0 Å². The second kappa shape index (κ2) is 9.83. The summed E-state index contributed by atoms with van der Waals surface area (Å²) in [5, 5.41) is 3.48. The van der Waals surface area contributed by atoms with Crippen LogP contribution in [0.4, 0.5) is 0 Å². The minimum atomic E-state index is 0.812. The number of methoxy groups -OCH3 is 2. The zero-order chi connectivity index (χ0) is 12.3. The highest BCUT2D eigenvalue weighted by atomic mass is 16.5. The SMILES string of the molecule is COCCN(CCOC)CCC1CCCNC1. The van der Waals surface area contributed by atoms with E-state index in [1.165, 1.54) is 38.9 Å². The first-order valence-electron chi connectivity index (χ1n) is 6.77. The van der Waals surface area contributed by atoms with Crippen molar-refractivity contribution >= 4 is 0 Å². The fraction of sp³-hybridized carbons (Fsp3) is 1.00. The predicted molar refractivity (Wildman–Crippen MR) is 70.4 cm³/mol. The maximum absolute atomic E-state index is 5.15. The van der Waals surface area contributed by atoms with E-state index in [-0.39, 0.29) is 0 Å². The average molecular weight is 244 g/mol. The van der Waals surface area contributed by atoms with Crippen molar-refractivity contribution in [1.29, 1.82) is 0 Å². The van der Waals surface area contributed by atoms with Gasteiger partial charge in [0, 0.05) is 27.3 Å². The number of piperidine rings is 1. The molecule has 0 spiro atoms. The summed E-state index contributed by atoms with van der Waals surface area (Å²) in [4.78, 5) is 2.45. The number of nitrogens with zero attached hydrogens (tertiary/aromatic N) is 1. The van der Waals surface area contributed by atoms with Gasteiger partial charge in [-0.3, -0.25) is 4.90 Å². The lowest BCUT2D eigenvalue weighted by atomic mass is 9.96. The van der Waals surface area contributed by atoms with Crippen molar-refractivity contribution in [3.05, 3.63) is 0 Å². The zero-order valence-corrected chi connectivity index (χ0v) is 11.4. The quantitative estimate of drug-likeness (QED) is 0.655. The molecule has 1 heterocycles. The van der Waals surface area contributed by atoms with Gasteiger partial charge in [-0.15, -0.1) is 0 Å². The van der Waals surface area contributed by atoms with E-state index in [0.717, 1.165) is 32.2 Å². The fourth-order valence-electron chi connectivity index (χ4n) is 2.31. The molecular weight excluding hydrogens is 216 g/mol. The monoisotopic (exact) mass is 244 g/mol. The topological polar surface area (TPSA) is 33.7 Å². The van der Waals surface area contributed by atoms with Crippen LogP contribution in [-0.4, -0.2) is 65.1 Å². The molecule has 0 saturated carbocycles. The van der Waals surface area contributed by atoms with E-state index < -0.39 is 0 Å². The molecular formula is C13H28N2O2. The third-order valence-electron chi connectivity index (χ3n) is 3.48. The van der Waals surface area contributed by atoms with Crippen LogP contribution in [0.3, 0.4) is 0 Å². The van der Waals surface area contributed by atoms with Crippen LogP contribution in [0.5, 0.6) is 0 Å². The van der Waals surface area contributed by atoms with Gasteiger partial charge in [0.2, 0.25) is 0 Å². The molecule has 0 aliphatic carbocycles. The number of hydrogen-bond acceptors (Lipinski definition) is 4. The lowest BCUT2D eigenvalue weighted by Crippen LogP contribution is -2.35. The lowest BCUT2D eigenvalue weighted by Gasteiger charge is -2.27. The molecule has 1 aliphatic heterocycles. The van der Waals surface area contributed by atoms with Crippen molar-refractivity contribution in [2.75, 3.05) is 60.2 Å². The molecule has 1 atom stereocenters. The largest absolute Gasteiger partial charge is 0.383 e. The van der Waals surface area contributed by atoms with E-state index in [0.29, 0.717) is 0 Å². The third-order valence-corrected chi connectivity index (χ3v) is 3.48. The molecule has 1 aliphatic rings. The Morgan fingerprint density at radius 1 is 1.12 bits per heavy atom. The van der Waals surface area contributed by atoms with E-state index in [2.05, 4.69) is 10.2 Å². The van der Waals surface area contributed by atoms with Crippen LogP contribution in [0.15, 0.2) is 0 Å². The summed E-state index contributed by atoms with van der Waals surface area (Å²) in [5.41, 5.74) is 0. The molecule has 1 unspecified atom stereocenters. The van der Waals surface area contributed by atoms with Crippen molar-refractivity contribution in [1.82, 2.24) is 10.2 Å². The van der Waals surface area contributed by atoms with E-state index in [4.69, 9.17) is 9.47 Å². The molecule has 0 bridgehead atoms. The summed E-state index contributed by atoms with van der Waals surface area (Å²) in [6, 6.07) is 0. The van der Waals surface area contributed by atoms with Crippen LogP contribution in [0.1, 0.15) is 19.3 Å². The molecule has 4 heteroatoms. The average Bonchev–Trinajstić information content (AvgIpc) is 2.39. The lowest BCUT2D eigenvalue weighted by molar-refractivity contribution is 0.109. The highest BCUT2D eigenvalue weighted by molar-refractivity contribution is 4.71. The Morgan fingerprint density at radius 3 is 2.35 bits per heavy atom. The van der Waals surface area contributed by atoms with Gasteiger partial charge in [0.15, 0.2) is 0 Å². The second-order valence-electron chi connectivity index (χ2n) is 4.83. The standard InChI is InChI=1S/C13H28N2O2/c1-16-10-8-15(9-11-17-2)7-5-13-4-3-6-14-12-13/h13-14H,3-12H2,1-2H3. The summed E-state index contributed by atoms with van der Waals surface area (Å²) >= 11 is 0. The fourth-order valence-corrected chi connectivity index (χ4v) is 2.31. The van der Waals surface area contributed by atoms with Gasteiger partial charge < -0.3 is 14.8 Å². The number of hydrogen-bond donors (Lipinski definition) is 1. The Morgan fingerprint density at radius 2 is 1.82 bits per heavy atom. The summed E-state index contributed by atoms with van der Waals surface area (Å²) in [6.45, 7) is 7.22. The maximum atomic E-state index is 5.15. The molecule has 102 valence electrons. The predicted octanol–water partition coefficient (Wildman–Crippen LogP) is 0.971. The van der Waals surface area contributed by atoms with Crippen molar-refractivity contribution in [3.63, 3.8) is 0 Å². The first-order chi connectivity index (χ1) is 8.36. The molecule has 1 N–H and O–H groups in total. The Hall–Kier alpha value is -0.160. The van der Waals surface area contributed by atoms with Crippen LogP contribution in [-0.2, 0) is 9.47 Å². The maximum Gasteiger partial charge on any atom is 0.0589 e. The summed E-state index contributed by atoms with van der Waals surface area (Å²) in [6.07, 6.45) is 4.01. The van der Waals surface area contributed by atoms with Gasteiger partial charge in [-0.05, 0) is 44.8 Å². The first-order valence-corrected chi connectivity index (χ1v) is 6.77. The van der Waals surface area contributed by atoms with Crippen LogP contribution in [0.25, 0.3) is 0 Å². The van der Waals surface area contributed by atoms with Gasteiger partial charge in [-0.2, -0.15) is 0 Å². The normalized spacial score (nSPS) is 21.0. The first kappa shape index (κ1) is 14.9. The minimum Gasteiger partial charge on any atom is -0.383 e. The van der Waals surface area contributed by atoms with E-state index in [1.807, 2.05) is 0 Å². The second-order valence-corrected chi connectivity index (χ2v) is 4.83. The smallest absolute Gasteiger partial charge is 0.0589 e. The van der Waals surface area contributed by atoms with Crippen molar-refractivity contribution in [2.45, 2.75) is 19.3 Å². The van der Waals surface area contributed by atoms with Gasteiger partial charge in [0.05, 0.1) is 13.2 Å². The van der Waals surface area contributed by atoms with E-state index in [1.54, 1.807) is 14.2 Å². The summed E-state index contributed by atoms with van der Waals surface area (Å²) in [5.74, 6) is 0.858. The highest BCUT2D eigenvalue weighted by Gasteiger charge is 2.14. The van der Waals surface area contributed by atoms with Gasteiger partial charge in [0.25, 0.3) is 0 Å². The highest BCUT2D eigenvalue weighted by Crippen LogP contribution is 2.14. The molecule has 1 fully saturated rings. The van der Waals surface area contributed by atoms with Gasteiger partial charge in [0.1, 0.15) is 0 Å². The Bertz CT molecular complexity index is 165. The van der Waals surface area contributed by atoms with Gasteiger partial charge >= 0.3 is 0 Å². The van der Waals surface area contributed by atoms with E-state index >= 15 is 0 Å². The molecule has 0 aromatic carbocycles. The zero-order valence-electron chi connectivity index (χ0n) is 11.4. The molecule has 17 heavy (non-hydrogen) atoms. The molecule has 0 aromatic rings. The van der Waals surface area contributed by atoms with Crippen molar-refractivity contribution in [3.8, 4) is 0 Å². The van der Waals surface area contributed by atoms with Crippen molar-refractivity contribution in [2.24, 2.45) is 5.92 Å². The summed E-state index contributed by atoms with van der Waals surface area (Å²) < 4.78 is 10.3. The van der Waals surface area contributed by atoms with Crippen LogP contribution in [0, 0.1) is 5.92 Å². The third kappa shape index (κ3) is 6.99. The Balaban J connectivity index is 2.16. The molecule has 0 radical (unpaired) electrons. The van der Waals surface area contributed by atoms with E-state index in [9.17, 15) is 0 Å². The molecule has 1 rings (SSSR count). The Kier molecular flexibility index (Phi) is 8.61. The molecule has 4 nitrogen and oxygen atoms in total. The number of nitrogens with one attached hydrogen (secondary N) is 1. The number of ether oxygens (including phenoxy) is 2. The van der Waals surface area contributed by atoms with Crippen molar-refractivity contribution < 1.29 is 9.47 Å². The molecule has 1 saturated heterocycles. The molecule has 0 amide bonds. The minimum absolute atomic E-state index is 0.812. The Labute approximate surface area is 106 Å². The van der Waals surface area contributed by atoms with Crippen LogP contribution in [0.2, 0.25) is 0 Å². The van der Waals surface area contributed by atoms with Gasteiger partial charge in [-0.1, -0.05) is 0 Å². The van der Waals surface area contributed by atoms with Crippen LogP contribution >= 0.6 is 0 Å². The molecule has 0 aromatic heterocycles.